The Hall–Kier alpha value is -3.20. The van der Waals surface area contributed by atoms with Crippen LogP contribution in [0.3, 0.4) is 0 Å². The van der Waals surface area contributed by atoms with Crippen molar-refractivity contribution in [2.24, 2.45) is 0 Å². The van der Waals surface area contributed by atoms with Crippen LogP contribution in [-0.2, 0) is 23.9 Å². The number of carbonyl (C=O) groups is 3. The molecule has 0 atom stereocenters. The van der Waals surface area contributed by atoms with Crippen molar-refractivity contribution < 1.29 is 23.9 Å². The fraction of sp³-hybridized carbons (Fsp3) is 0.222. The van der Waals surface area contributed by atoms with E-state index in [0.29, 0.717) is 22.9 Å². The molecule has 0 aliphatic heterocycles. The molecule has 142 valence electrons. The number of esters is 2. The summed E-state index contributed by atoms with van der Waals surface area (Å²) >= 11 is 1.32. The summed E-state index contributed by atoms with van der Waals surface area (Å²) < 4.78 is 9.21. The molecule has 0 spiro atoms. The second kappa shape index (κ2) is 9.48. The van der Waals surface area contributed by atoms with Gasteiger partial charge in [0.05, 0.1) is 26.0 Å². The monoisotopic (exact) mass is 389 g/mol. The van der Waals surface area contributed by atoms with Gasteiger partial charge in [-0.25, -0.2) is 14.6 Å². The zero-order valence-corrected chi connectivity index (χ0v) is 15.9. The lowest BCUT2D eigenvalue weighted by Crippen LogP contribution is -2.15. The number of anilines is 2. The highest BCUT2D eigenvalue weighted by molar-refractivity contribution is 7.14. The molecule has 0 aliphatic rings. The van der Waals surface area contributed by atoms with Gasteiger partial charge in [-0.15, -0.1) is 11.3 Å². The summed E-state index contributed by atoms with van der Waals surface area (Å²) in [4.78, 5) is 39.1. The van der Waals surface area contributed by atoms with Gasteiger partial charge in [-0.1, -0.05) is 19.1 Å². The van der Waals surface area contributed by atoms with E-state index in [4.69, 9.17) is 0 Å². The van der Waals surface area contributed by atoms with Gasteiger partial charge in [0.15, 0.2) is 5.13 Å². The molecule has 2 aromatic rings. The molecule has 2 N–H and O–H groups in total. The Morgan fingerprint density at radius 3 is 2.63 bits per heavy atom. The average Bonchev–Trinajstić information content (AvgIpc) is 3.15. The molecule has 0 saturated heterocycles. The predicted molar refractivity (Wildman–Crippen MR) is 102 cm³/mol. The van der Waals surface area contributed by atoms with Crippen LogP contribution in [0.15, 0.2) is 41.4 Å². The minimum atomic E-state index is -0.705. The Morgan fingerprint density at radius 2 is 1.96 bits per heavy atom. The summed E-state index contributed by atoms with van der Waals surface area (Å²) in [5.74, 6) is -1.50. The molecule has 1 amide bonds. The molecule has 1 aromatic heterocycles. The highest BCUT2D eigenvalue weighted by Crippen LogP contribution is 2.27. The first-order valence-corrected chi connectivity index (χ1v) is 8.85. The topological polar surface area (TPSA) is 107 Å². The number of thiazole rings is 1. The Balaban J connectivity index is 2.23. The number of nitrogens with one attached hydrogen (secondary N) is 2. The van der Waals surface area contributed by atoms with Gasteiger partial charge in [0.1, 0.15) is 5.70 Å². The molecule has 1 aromatic carbocycles. The molecule has 0 unspecified atom stereocenters. The summed E-state index contributed by atoms with van der Waals surface area (Å²) in [6.07, 6.45) is 1.39. The number of ether oxygens (including phenoxy) is 2. The van der Waals surface area contributed by atoms with E-state index in [-0.39, 0.29) is 11.6 Å². The molecular formula is C18H19N3O5S. The lowest BCUT2D eigenvalue weighted by atomic mass is 10.1. The van der Waals surface area contributed by atoms with Crippen molar-refractivity contribution in [3.8, 4) is 11.3 Å². The minimum absolute atomic E-state index is 0.0596. The van der Waals surface area contributed by atoms with E-state index in [1.54, 1.807) is 25.1 Å². The first-order valence-electron chi connectivity index (χ1n) is 7.97. The van der Waals surface area contributed by atoms with Crippen LogP contribution in [-0.4, -0.2) is 37.0 Å². The summed E-state index contributed by atoms with van der Waals surface area (Å²) in [6.45, 7) is 1.76. The molecule has 1 heterocycles. The summed E-state index contributed by atoms with van der Waals surface area (Å²) in [7, 11) is 2.43. The van der Waals surface area contributed by atoms with Crippen LogP contribution in [0.2, 0.25) is 0 Å². The van der Waals surface area contributed by atoms with Gasteiger partial charge < -0.3 is 20.1 Å². The van der Waals surface area contributed by atoms with Gasteiger partial charge in [-0.2, -0.15) is 0 Å². The number of aromatic nitrogens is 1. The largest absolute Gasteiger partial charge is 0.466 e. The average molecular weight is 389 g/mol. The van der Waals surface area contributed by atoms with E-state index in [0.717, 1.165) is 11.6 Å². The van der Waals surface area contributed by atoms with E-state index in [1.165, 1.54) is 25.6 Å². The number of carbonyl (C=O) groups excluding carboxylic acids is 3. The van der Waals surface area contributed by atoms with E-state index in [1.807, 2.05) is 11.4 Å². The maximum Gasteiger partial charge on any atom is 0.354 e. The molecule has 0 aliphatic carbocycles. The number of nitrogens with zero attached hydrogens (tertiary/aromatic N) is 1. The summed E-state index contributed by atoms with van der Waals surface area (Å²) in [5.41, 5.74) is 1.94. The Kier molecular flexibility index (Phi) is 7.07. The van der Waals surface area contributed by atoms with Crippen LogP contribution >= 0.6 is 11.3 Å². The van der Waals surface area contributed by atoms with Crippen molar-refractivity contribution in [3.05, 3.63) is 41.4 Å². The third-order valence-electron chi connectivity index (χ3n) is 3.38. The van der Waals surface area contributed by atoms with Crippen molar-refractivity contribution >= 4 is 40.0 Å². The number of amides is 1. The Labute approximate surface area is 160 Å². The SMILES string of the molecule is CCC(=O)Nc1nc(-c2cccc(N/C(=C/C(=O)OC)C(=O)OC)c2)cs1. The third kappa shape index (κ3) is 5.65. The quantitative estimate of drug-likeness (QED) is 0.554. The van der Waals surface area contributed by atoms with Crippen LogP contribution in [0.1, 0.15) is 13.3 Å². The van der Waals surface area contributed by atoms with Gasteiger partial charge in [0, 0.05) is 23.1 Å². The highest BCUT2D eigenvalue weighted by atomic mass is 32.1. The minimum Gasteiger partial charge on any atom is -0.466 e. The van der Waals surface area contributed by atoms with Gasteiger partial charge in [-0.05, 0) is 12.1 Å². The van der Waals surface area contributed by atoms with Crippen LogP contribution in [0.5, 0.6) is 0 Å². The fourth-order valence-corrected chi connectivity index (χ4v) is 2.75. The standard InChI is InChI=1S/C18H19N3O5S/c1-4-15(22)21-18-20-14(10-27-18)11-6-5-7-12(8-11)19-13(17(24)26-3)9-16(23)25-2/h5-10,19H,4H2,1-3H3,(H,20,21,22)/b13-9+. The second-order valence-electron chi connectivity index (χ2n) is 5.22. The van der Waals surface area contributed by atoms with Crippen molar-refractivity contribution in [1.29, 1.82) is 0 Å². The van der Waals surface area contributed by atoms with E-state index >= 15 is 0 Å². The first kappa shape index (κ1) is 20.1. The molecule has 0 radical (unpaired) electrons. The lowest BCUT2D eigenvalue weighted by Gasteiger charge is -2.10. The molecule has 8 nitrogen and oxygen atoms in total. The van der Waals surface area contributed by atoms with Crippen LogP contribution in [0.25, 0.3) is 11.3 Å². The van der Waals surface area contributed by atoms with Gasteiger partial charge >= 0.3 is 11.9 Å². The van der Waals surface area contributed by atoms with Gasteiger partial charge in [-0.3, -0.25) is 4.79 Å². The maximum atomic E-state index is 11.8. The molecule has 9 heteroatoms. The number of hydrogen-bond donors (Lipinski definition) is 2. The normalized spacial score (nSPS) is 10.9. The Bertz CT molecular complexity index is 875. The van der Waals surface area contributed by atoms with E-state index in [9.17, 15) is 14.4 Å². The third-order valence-corrected chi connectivity index (χ3v) is 4.14. The van der Waals surface area contributed by atoms with E-state index in [2.05, 4.69) is 25.1 Å². The molecule has 0 saturated carbocycles. The fourth-order valence-electron chi connectivity index (χ4n) is 2.02. The van der Waals surface area contributed by atoms with Crippen LogP contribution < -0.4 is 10.6 Å². The number of benzene rings is 1. The first-order chi connectivity index (χ1) is 13.0. The maximum absolute atomic E-state index is 11.8. The van der Waals surface area contributed by atoms with Crippen molar-refractivity contribution in [2.75, 3.05) is 24.9 Å². The molecule has 0 bridgehead atoms. The van der Waals surface area contributed by atoms with E-state index < -0.39 is 11.9 Å². The lowest BCUT2D eigenvalue weighted by molar-refractivity contribution is -0.138. The Morgan fingerprint density at radius 1 is 1.19 bits per heavy atom. The van der Waals surface area contributed by atoms with Crippen LogP contribution in [0, 0.1) is 0 Å². The molecular weight excluding hydrogens is 370 g/mol. The number of methoxy groups -OCH3 is 2. The van der Waals surface area contributed by atoms with Gasteiger partial charge in [0.2, 0.25) is 5.91 Å². The second-order valence-corrected chi connectivity index (χ2v) is 6.08. The smallest absolute Gasteiger partial charge is 0.354 e. The molecule has 27 heavy (non-hydrogen) atoms. The predicted octanol–water partition coefficient (Wildman–Crippen LogP) is 2.80. The zero-order valence-electron chi connectivity index (χ0n) is 15.1. The van der Waals surface area contributed by atoms with Crippen molar-refractivity contribution in [2.45, 2.75) is 13.3 Å². The number of rotatable bonds is 7. The summed E-state index contributed by atoms with van der Waals surface area (Å²) in [5, 5.41) is 7.88. The zero-order chi connectivity index (χ0) is 19.8. The highest BCUT2D eigenvalue weighted by Gasteiger charge is 2.14. The number of hydrogen-bond acceptors (Lipinski definition) is 8. The van der Waals surface area contributed by atoms with Crippen LogP contribution in [0.4, 0.5) is 10.8 Å². The molecule has 0 fully saturated rings. The summed E-state index contributed by atoms with van der Waals surface area (Å²) in [6, 6.07) is 7.10. The van der Waals surface area contributed by atoms with Crippen molar-refractivity contribution in [3.63, 3.8) is 0 Å². The van der Waals surface area contributed by atoms with Gasteiger partial charge in [0.25, 0.3) is 0 Å². The molecule has 2 rings (SSSR count). The van der Waals surface area contributed by atoms with Crippen molar-refractivity contribution in [1.82, 2.24) is 4.98 Å².